The third-order valence-corrected chi connectivity index (χ3v) is 5.50. The number of nitrogens with zero attached hydrogens (tertiary/aromatic N) is 1. The van der Waals surface area contributed by atoms with E-state index in [2.05, 4.69) is 23.7 Å². The average molecular weight is 372 g/mol. The van der Waals surface area contributed by atoms with Crippen LogP contribution in [0, 0.1) is 0 Å². The van der Waals surface area contributed by atoms with Crippen LogP contribution in [0.4, 0.5) is 5.69 Å². The van der Waals surface area contributed by atoms with Crippen LogP contribution in [0.15, 0.2) is 35.7 Å². The molecule has 5 nitrogen and oxygen atoms in total. The zero-order valence-corrected chi connectivity index (χ0v) is 15.8. The van der Waals surface area contributed by atoms with Gasteiger partial charge in [0.2, 0.25) is 0 Å². The van der Waals surface area contributed by atoms with Gasteiger partial charge in [0.15, 0.2) is 6.61 Å². The number of hydrogen-bond acceptors (Lipinski definition) is 5. The molecule has 1 N–H and O–H groups in total. The number of thiophene rings is 1. The van der Waals surface area contributed by atoms with Crippen LogP contribution < -0.4 is 5.32 Å². The fourth-order valence-corrected chi connectivity index (χ4v) is 3.86. The van der Waals surface area contributed by atoms with Gasteiger partial charge in [0.25, 0.3) is 5.91 Å². The summed E-state index contributed by atoms with van der Waals surface area (Å²) in [4.78, 5) is 27.9. The van der Waals surface area contributed by atoms with Crippen molar-refractivity contribution in [3.63, 3.8) is 0 Å². The maximum atomic E-state index is 12.4. The molecule has 3 rings (SSSR count). The SMILES string of the molecule is CCCCNc1ccccc1C(=O)OCC(=O)N1CCc2sccc2C1. The number of esters is 1. The predicted octanol–water partition coefficient (Wildman–Crippen LogP) is 3.70. The molecule has 0 bridgehead atoms. The first kappa shape index (κ1) is 18.5. The van der Waals surface area contributed by atoms with E-state index in [1.807, 2.05) is 12.1 Å². The molecule has 0 unspecified atom stereocenters. The third-order valence-electron chi connectivity index (χ3n) is 4.48. The summed E-state index contributed by atoms with van der Waals surface area (Å²) in [6.45, 7) is 3.98. The molecule has 26 heavy (non-hydrogen) atoms. The van der Waals surface area contributed by atoms with E-state index < -0.39 is 5.97 Å². The van der Waals surface area contributed by atoms with Crippen molar-refractivity contribution in [1.82, 2.24) is 4.90 Å². The number of amides is 1. The zero-order chi connectivity index (χ0) is 18.4. The summed E-state index contributed by atoms with van der Waals surface area (Å²) in [5, 5.41) is 5.32. The Morgan fingerprint density at radius 1 is 1.27 bits per heavy atom. The predicted molar refractivity (Wildman–Crippen MR) is 104 cm³/mol. The van der Waals surface area contributed by atoms with Crippen molar-refractivity contribution >= 4 is 28.9 Å². The molecule has 2 aromatic rings. The maximum Gasteiger partial charge on any atom is 0.340 e. The lowest BCUT2D eigenvalue weighted by molar-refractivity contribution is -0.135. The molecule has 1 aromatic carbocycles. The lowest BCUT2D eigenvalue weighted by atomic mass is 10.1. The van der Waals surface area contributed by atoms with Gasteiger partial charge in [0, 0.05) is 30.2 Å². The van der Waals surface area contributed by atoms with Gasteiger partial charge >= 0.3 is 5.97 Å². The van der Waals surface area contributed by atoms with Crippen LogP contribution >= 0.6 is 11.3 Å². The van der Waals surface area contributed by atoms with E-state index in [0.29, 0.717) is 18.7 Å². The number of fused-ring (bicyclic) bond motifs is 1. The quantitative estimate of drug-likeness (QED) is 0.595. The van der Waals surface area contributed by atoms with Crippen molar-refractivity contribution in [2.45, 2.75) is 32.7 Å². The molecule has 1 amide bonds. The number of ether oxygens (including phenoxy) is 1. The summed E-state index contributed by atoms with van der Waals surface area (Å²) < 4.78 is 5.29. The highest BCUT2D eigenvalue weighted by Crippen LogP contribution is 2.24. The second kappa shape index (κ2) is 8.85. The van der Waals surface area contributed by atoms with Crippen LogP contribution in [0.25, 0.3) is 0 Å². The Morgan fingerprint density at radius 2 is 2.12 bits per heavy atom. The molecule has 0 aliphatic carbocycles. The summed E-state index contributed by atoms with van der Waals surface area (Å²) in [7, 11) is 0. The molecule has 1 aromatic heterocycles. The Hall–Kier alpha value is -2.34. The topological polar surface area (TPSA) is 58.6 Å². The minimum Gasteiger partial charge on any atom is -0.452 e. The number of nitrogens with one attached hydrogen (secondary N) is 1. The van der Waals surface area contributed by atoms with E-state index in [1.54, 1.807) is 28.4 Å². The van der Waals surface area contributed by atoms with Crippen LogP contribution in [0.1, 0.15) is 40.6 Å². The number of para-hydroxylation sites is 1. The number of benzene rings is 1. The monoisotopic (exact) mass is 372 g/mol. The lowest BCUT2D eigenvalue weighted by Gasteiger charge is -2.26. The lowest BCUT2D eigenvalue weighted by Crippen LogP contribution is -2.38. The highest BCUT2D eigenvalue weighted by molar-refractivity contribution is 7.10. The first-order valence-electron chi connectivity index (χ1n) is 9.02. The van der Waals surface area contributed by atoms with Gasteiger partial charge in [0.05, 0.1) is 5.56 Å². The number of anilines is 1. The standard InChI is InChI=1S/C20H24N2O3S/c1-2-3-10-21-17-7-5-4-6-16(17)20(24)25-14-19(23)22-11-8-18-15(13-22)9-12-26-18/h4-7,9,12,21H,2-3,8,10-11,13-14H2,1H3. The maximum absolute atomic E-state index is 12.4. The van der Waals surface area contributed by atoms with Gasteiger partial charge < -0.3 is 15.0 Å². The smallest absolute Gasteiger partial charge is 0.340 e. The van der Waals surface area contributed by atoms with Crippen molar-refractivity contribution < 1.29 is 14.3 Å². The molecule has 1 aliphatic heterocycles. The molecular formula is C20H24N2O3S. The molecule has 0 saturated carbocycles. The number of unbranched alkanes of at least 4 members (excludes halogenated alkanes) is 1. The van der Waals surface area contributed by atoms with Crippen LogP contribution in [0.3, 0.4) is 0 Å². The largest absolute Gasteiger partial charge is 0.452 e. The van der Waals surface area contributed by atoms with E-state index in [4.69, 9.17) is 4.74 Å². The number of rotatable bonds is 7. The molecule has 0 fully saturated rings. The summed E-state index contributed by atoms with van der Waals surface area (Å²) in [5.41, 5.74) is 2.42. The molecule has 2 heterocycles. The minimum absolute atomic E-state index is 0.147. The van der Waals surface area contributed by atoms with Gasteiger partial charge in [-0.05, 0) is 42.0 Å². The van der Waals surface area contributed by atoms with E-state index in [-0.39, 0.29) is 12.5 Å². The molecule has 138 valence electrons. The first-order valence-corrected chi connectivity index (χ1v) is 9.90. The van der Waals surface area contributed by atoms with Gasteiger partial charge in [-0.25, -0.2) is 4.79 Å². The van der Waals surface area contributed by atoms with Gasteiger partial charge in [-0.2, -0.15) is 0 Å². The average Bonchev–Trinajstić information content (AvgIpc) is 3.14. The number of carbonyl (C=O) groups is 2. The van der Waals surface area contributed by atoms with Crippen molar-refractivity contribution in [1.29, 1.82) is 0 Å². The summed E-state index contributed by atoms with van der Waals surface area (Å²) in [6.07, 6.45) is 2.98. The zero-order valence-electron chi connectivity index (χ0n) is 15.0. The minimum atomic E-state index is -0.466. The van der Waals surface area contributed by atoms with Gasteiger partial charge in [-0.1, -0.05) is 25.5 Å². The fourth-order valence-electron chi connectivity index (χ4n) is 2.97. The Kier molecular flexibility index (Phi) is 6.28. The van der Waals surface area contributed by atoms with E-state index in [0.717, 1.165) is 31.5 Å². The molecule has 0 atom stereocenters. The van der Waals surface area contributed by atoms with E-state index in [9.17, 15) is 9.59 Å². The van der Waals surface area contributed by atoms with Crippen molar-refractivity contribution in [3.8, 4) is 0 Å². The van der Waals surface area contributed by atoms with Crippen molar-refractivity contribution in [2.75, 3.05) is 25.0 Å². The fraction of sp³-hybridized carbons (Fsp3) is 0.400. The van der Waals surface area contributed by atoms with Gasteiger partial charge in [-0.3, -0.25) is 4.79 Å². The Labute approximate surface area is 158 Å². The molecular weight excluding hydrogens is 348 g/mol. The Bertz CT molecular complexity index is 772. The van der Waals surface area contributed by atoms with E-state index >= 15 is 0 Å². The van der Waals surface area contributed by atoms with Crippen LogP contribution in [0.5, 0.6) is 0 Å². The van der Waals surface area contributed by atoms with Crippen molar-refractivity contribution in [2.24, 2.45) is 0 Å². The first-order chi connectivity index (χ1) is 12.7. The highest BCUT2D eigenvalue weighted by atomic mass is 32.1. The Balaban J connectivity index is 1.55. The van der Waals surface area contributed by atoms with Crippen LogP contribution in [0.2, 0.25) is 0 Å². The van der Waals surface area contributed by atoms with Crippen molar-refractivity contribution in [3.05, 3.63) is 51.7 Å². The third kappa shape index (κ3) is 4.43. The Morgan fingerprint density at radius 3 is 2.96 bits per heavy atom. The van der Waals surface area contributed by atoms with Gasteiger partial charge in [-0.15, -0.1) is 11.3 Å². The number of hydrogen-bond donors (Lipinski definition) is 1. The molecule has 6 heteroatoms. The molecule has 0 radical (unpaired) electrons. The summed E-state index contributed by atoms with van der Waals surface area (Å²) in [6, 6.07) is 9.31. The highest BCUT2D eigenvalue weighted by Gasteiger charge is 2.23. The number of carbonyl (C=O) groups excluding carboxylic acids is 2. The second-order valence-corrected chi connectivity index (χ2v) is 7.34. The van der Waals surface area contributed by atoms with Gasteiger partial charge in [0.1, 0.15) is 0 Å². The van der Waals surface area contributed by atoms with Crippen LogP contribution in [-0.4, -0.2) is 36.5 Å². The molecule has 0 saturated heterocycles. The molecule has 1 aliphatic rings. The van der Waals surface area contributed by atoms with Crippen LogP contribution in [-0.2, 0) is 22.5 Å². The van der Waals surface area contributed by atoms with E-state index in [1.165, 1.54) is 10.4 Å². The second-order valence-electron chi connectivity index (χ2n) is 6.34. The summed E-state index contributed by atoms with van der Waals surface area (Å²) in [5.74, 6) is -0.613. The normalized spacial score (nSPS) is 13.2. The summed E-state index contributed by atoms with van der Waals surface area (Å²) >= 11 is 1.73. The molecule has 0 spiro atoms.